The van der Waals surface area contributed by atoms with Crippen LogP contribution in [0.1, 0.15) is 39.7 Å². The van der Waals surface area contributed by atoms with Crippen molar-refractivity contribution in [3.63, 3.8) is 0 Å². The summed E-state index contributed by atoms with van der Waals surface area (Å²) in [5, 5.41) is 17.1. The molecule has 2 atom stereocenters. The highest BCUT2D eigenvalue weighted by atomic mass is 32.2. The first-order valence-electron chi connectivity index (χ1n) is 8.86. The molecule has 1 aromatic carbocycles. The van der Waals surface area contributed by atoms with E-state index < -0.39 is 6.04 Å². The van der Waals surface area contributed by atoms with E-state index in [2.05, 4.69) is 10.6 Å². The molecule has 0 aliphatic carbocycles. The molecular formula is C20H26N2O3S2. The van der Waals surface area contributed by atoms with E-state index in [4.69, 9.17) is 0 Å². The van der Waals surface area contributed by atoms with Crippen molar-refractivity contribution in [1.29, 1.82) is 0 Å². The lowest BCUT2D eigenvalue weighted by Crippen LogP contribution is -2.48. The van der Waals surface area contributed by atoms with Crippen LogP contribution in [0.2, 0.25) is 0 Å². The highest BCUT2D eigenvalue weighted by molar-refractivity contribution is 7.98. The molecule has 3 N–H and O–H groups in total. The summed E-state index contributed by atoms with van der Waals surface area (Å²) in [5.74, 6) is 0.280. The highest BCUT2D eigenvalue weighted by Crippen LogP contribution is 2.22. The fourth-order valence-corrected chi connectivity index (χ4v) is 3.99. The van der Waals surface area contributed by atoms with Crippen LogP contribution in [0, 0.1) is 6.92 Å². The largest absolute Gasteiger partial charge is 0.396 e. The molecule has 27 heavy (non-hydrogen) atoms. The molecule has 0 aliphatic rings. The normalized spacial score (nSPS) is 13.0. The molecule has 0 aliphatic heterocycles. The van der Waals surface area contributed by atoms with Gasteiger partial charge in [-0.15, -0.1) is 11.3 Å². The molecule has 0 bridgehead atoms. The summed E-state index contributed by atoms with van der Waals surface area (Å²) in [4.78, 5) is 26.4. The average Bonchev–Trinajstić information content (AvgIpc) is 3.19. The van der Waals surface area contributed by atoms with Gasteiger partial charge in [-0.25, -0.2) is 0 Å². The van der Waals surface area contributed by atoms with Crippen molar-refractivity contribution in [3.8, 4) is 0 Å². The predicted octanol–water partition coefficient (Wildman–Crippen LogP) is 3.15. The van der Waals surface area contributed by atoms with Crippen molar-refractivity contribution < 1.29 is 14.7 Å². The van der Waals surface area contributed by atoms with Crippen LogP contribution in [0.15, 0.2) is 41.8 Å². The molecule has 0 saturated heterocycles. The van der Waals surface area contributed by atoms with Crippen molar-refractivity contribution in [2.45, 2.75) is 31.8 Å². The van der Waals surface area contributed by atoms with Gasteiger partial charge in [0.2, 0.25) is 5.91 Å². The minimum absolute atomic E-state index is 0.0199. The number of aryl methyl sites for hydroxylation is 1. The second kappa shape index (κ2) is 11.1. The molecule has 1 heterocycles. The number of nitrogens with one attached hydrogen (secondary N) is 2. The summed E-state index contributed by atoms with van der Waals surface area (Å²) >= 11 is 3.17. The van der Waals surface area contributed by atoms with E-state index >= 15 is 0 Å². The first kappa shape index (κ1) is 21.5. The number of thiophene rings is 1. The number of rotatable bonds is 10. The fraction of sp³-hybridized carbons (Fsp3) is 0.400. The Bertz CT molecular complexity index is 735. The molecule has 0 spiro atoms. The van der Waals surface area contributed by atoms with Gasteiger partial charge in [0.05, 0.1) is 6.04 Å². The zero-order valence-electron chi connectivity index (χ0n) is 15.6. The Morgan fingerprint density at radius 1 is 1.19 bits per heavy atom. The predicted molar refractivity (Wildman–Crippen MR) is 112 cm³/mol. The van der Waals surface area contributed by atoms with Gasteiger partial charge in [-0.2, -0.15) is 11.8 Å². The van der Waals surface area contributed by atoms with Gasteiger partial charge >= 0.3 is 0 Å². The van der Waals surface area contributed by atoms with Crippen molar-refractivity contribution in [2.75, 3.05) is 18.6 Å². The molecule has 0 fully saturated rings. The topological polar surface area (TPSA) is 78.4 Å². The van der Waals surface area contributed by atoms with Crippen LogP contribution in [0.3, 0.4) is 0 Å². The second-order valence-corrected chi connectivity index (χ2v) is 8.23. The molecule has 2 unspecified atom stereocenters. The Kier molecular flexibility index (Phi) is 8.84. The monoisotopic (exact) mass is 406 g/mol. The summed E-state index contributed by atoms with van der Waals surface area (Å²) in [6.07, 6.45) is 2.95. The van der Waals surface area contributed by atoms with Crippen molar-refractivity contribution in [3.05, 3.63) is 57.8 Å². The van der Waals surface area contributed by atoms with Crippen LogP contribution in [-0.2, 0) is 4.79 Å². The van der Waals surface area contributed by atoms with Crippen LogP contribution in [-0.4, -0.2) is 41.6 Å². The summed E-state index contributed by atoms with van der Waals surface area (Å²) < 4.78 is 0. The van der Waals surface area contributed by atoms with Crippen molar-refractivity contribution >= 4 is 34.9 Å². The summed E-state index contributed by atoms with van der Waals surface area (Å²) in [6, 6.07) is 10.3. The van der Waals surface area contributed by atoms with E-state index in [0.29, 0.717) is 18.4 Å². The van der Waals surface area contributed by atoms with E-state index in [1.807, 2.05) is 42.8 Å². The van der Waals surface area contributed by atoms with E-state index in [-0.39, 0.29) is 24.5 Å². The first-order valence-corrected chi connectivity index (χ1v) is 11.1. The maximum absolute atomic E-state index is 12.9. The highest BCUT2D eigenvalue weighted by Gasteiger charge is 2.24. The van der Waals surface area contributed by atoms with E-state index in [1.54, 1.807) is 23.9 Å². The lowest BCUT2D eigenvalue weighted by molar-refractivity contribution is -0.123. The smallest absolute Gasteiger partial charge is 0.251 e. The number of amides is 2. The number of benzene rings is 1. The minimum atomic E-state index is -0.619. The quantitative estimate of drug-likeness (QED) is 0.566. The molecule has 146 valence electrons. The summed E-state index contributed by atoms with van der Waals surface area (Å²) in [5.41, 5.74) is 1.54. The zero-order chi connectivity index (χ0) is 19.6. The van der Waals surface area contributed by atoms with E-state index in [9.17, 15) is 14.7 Å². The van der Waals surface area contributed by atoms with Gasteiger partial charge in [0.15, 0.2) is 0 Å². The Morgan fingerprint density at radius 3 is 2.63 bits per heavy atom. The van der Waals surface area contributed by atoms with E-state index in [1.165, 1.54) is 11.3 Å². The number of carbonyl (C=O) groups excluding carboxylic acids is 2. The Labute approximate surface area is 168 Å². The number of carbonyl (C=O) groups is 2. The van der Waals surface area contributed by atoms with Crippen molar-refractivity contribution in [2.24, 2.45) is 0 Å². The molecule has 0 radical (unpaired) electrons. The van der Waals surface area contributed by atoms with Crippen LogP contribution < -0.4 is 10.6 Å². The Balaban J connectivity index is 2.09. The lowest BCUT2D eigenvalue weighted by Gasteiger charge is -2.22. The van der Waals surface area contributed by atoms with Crippen molar-refractivity contribution in [1.82, 2.24) is 10.6 Å². The summed E-state index contributed by atoms with van der Waals surface area (Å²) in [6.45, 7) is 1.91. The maximum Gasteiger partial charge on any atom is 0.251 e. The molecule has 7 heteroatoms. The lowest BCUT2D eigenvalue weighted by atomic mass is 10.1. The molecule has 2 amide bonds. The van der Waals surface area contributed by atoms with Gasteiger partial charge in [-0.05, 0) is 55.4 Å². The second-order valence-electron chi connectivity index (χ2n) is 6.27. The van der Waals surface area contributed by atoms with Gasteiger partial charge in [0, 0.05) is 17.0 Å². The third kappa shape index (κ3) is 6.68. The van der Waals surface area contributed by atoms with Gasteiger partial charge in [0.25, 0.3) is 5.91 Å². The van der Waals surface area contributed by atoms with E-state index in [0.717, 1.165) is 16.2 Å². The summed E-state index contributed by atoms with van der Waals surface area (Å²) in [7, 11) is 0. The van der Waals surface area contributed by atoms with Crippen LogP contribution in [0.5, 0.6) is 0 Å². The van der Waals surface area contributed by atoms with Gasteiger partial charge in [-0.3, -0.25) is 9.59 Å². The third-order valence-corrected chi connectivity index (χ3v) is 5.76. The standard InChI is InChI=1S/C20H26N2O3S2/c1-14-5-3-6-15(13-14)19(24)22-17(9-12-26-2)20(25)21-16(8-10-23)18-7-4-11-27-18/h3-7,11,13,16-17,23H,8-10,12H2,1-2H3,(H,21,25)(H,22,24). The third-order valence-electron chi connectivity index (χ3n) is 4.13. The number of hydrogen-bond donors (Lipinski definition) is 3. The zero-order valence-corrected chi connectivity index (χ0v) is 17.2. The SMILES string of the molecule is CSCCC(NC(=O)c1cccc(C)c1)C(=O)NC(CCO)c1cccs1. The van der Waals surface area contributed by atoms with Gasteiger partial charge in [-0.1, -0.05) is 23.8 Å². The molecular weight excluding hydrogens is 380 g/mol. The van der Waals surface area contributed by atoms with Gasteiger partial charge in [0.1, 0.15) is 6.04 Å². The minimum Gasteiger partial charge on any atom is -0.396 e. The maximum atomic E-state index is 12.9. The number of thioether (sulfide) groups is 1. The Morgan fingerprint density at radius 2 is 2.00 bits per heavy atom. The van der Waals surface area contributed by atoms with Crippen LogP contribution in [0.25, 0.3) is 0 Å². The molecule has 1 aromatic heterocycles. The van der Waals surface area contributed by atoms with Crippen LogP contribution in [0.4, 0.5) is 0 Å². The molecule has 2 rings (SSSR count). The number of hydrogen-bond acceptors (Lipinski definition) is 5. The van der Waals surface area contributed by atoms with Crippen LogP contribution >= 0.6 is 23.1 Å². The number of aliphatic hydroxyl groups is 1. The Hall–Kier alpha value is -1.83. The molecule has 2 aromatic rings. The fourth-order valence-electron chi connectivity index (χ4n) is 2.71. The number of aliphatic hydroxyl groups excluding tert-OH is 1. The first-order chi connectivity index (χ1) is 13.0. The molecule has 0 saturated carbocycles. The van der Waals surface area contributed by atoms with Gasteiger partial charge < -0.3 is 15.7 Å². The molecule has 5 nitrogen and oxygen atoms in total. The average molecular weight is 407 g/mol.